The maximum atomic E-state index is 3.39. The highest BCUT2D eigenvalue weighted by molar-refractivity contribution is 5.54. The Morgan fingerprint density at radius 3 is 2.81 bits per heavy atom. The van der Waals surface area contributed by atoms with E-state index in [1.165, 1.54) is 36.2 Å². The predicted molar refractivity (Wildman–Crippen MR) is 70.2 cm³/mol. The summed E-state index contributed by atoms with van der Waals surface area (Å²) in [5.41, 5.74) is 4.16. The lowest BCUT2D eigenvalue weighted by Gasteiger charge is -2.35. The lowest BCUT2D eigenvalue weighted by atomic mass is 10.0. The molecule has 0 aliphatic carbocycles. The second-order valence-electron chi connectivity index (χ2n) is 4.86. The van der Waals surface area contributed by atoms with Crippen molar-refractivity contribution in [2.75, 3.05) is 25.0 Å². The van der Waals surface area contributed by atoms with Crippen LogP contribution in [0.3, 0.4) is 0 Å². The Kier molecular flexibility index (Phi) is 3.49. The van der Waals surface area contributed by atoms with Gasteiger partial charge in [-0.25, -0.2) is 0 Å². The molecule has 1 fully saturated rings. The van der Waals surface area contributed by atoms with Gasteiger partial charge in [0.15, 0.2) is 0 Å². The Bertz CT molecular complexity index is 360. The maximum Gasteiger partial charge on any atom is 0.0396 e. The first kappa shape index (κ1) is 11.5. The van der Waals surface area contributed by atoms with E-state index in [2.05, 4.69) is 49.3 Å². The van der Waals surface area contributed by atoms with E-state index in [1.54, 1.807) is 0 Å². The minimum absolute atomic E-state index is 0.648. The molecule has 1 aromatic rings. The van der Waals surface area contributed by atoms with Gasteiger partial charge in [-0.2, -0.15) is 0 Å². The minimum atomic E-state index is 0.648. The van der Waals surface area contributed by atoms with E-state index in [1.807, 2.05) is 0 Å². The largest absolute Gasteiger partial charge is 0.370 e. The van der Waals surface area contributed by atoms with Gasteiger partial charge in [0.05, 0.1) is 0 Å². The van der Waals surface area contributed by atoms with Crippen molar-refractivity contribution in [3.63, 3.8) is 0 Å². The van der Waals surface area contributed by atoms with Gasteiger partial charge in [0.1, 0.15) is 0 Å². The lowest BCUT2D eigenvalue weighted by Crippen LogP contribution is -2.44. The number of benzene rings is 1. The van der Waals surface area contributed by atoms with Crippen LogP contribution in [0.4, 0.5) is 5.69 Å². The topological polar surface area (TPSA) is 15.3 Å². The molecule has 1 unspecified atom stereocenters. The van der Waals surface area contributed by atoms with Crippen molar-refractivity contribution in [3.05, 3.63) is 29.3 Å². The van der Waals surface area contributed by atoms with Crippen LogP contribution >= 0.6 is 0 Å². The van der Waals surface area contributed by atoms with Crippen molar-refractivity contribution in [1.82, 2.24) is 5.32 Å². The molecule has 1 N–H and O–H groups in total. The van der Waals surface area contributed by atoms with Crippen molar-refractivity contribution in [2.45, 2.75) is 32.7 Å². The maximum absolute atomic E-state index is 3.39. The van der Waals surface area contributed by atoms with Gasteiger partial charge in [0, 0.05) is 24.8 Å². The Balaban J connectivity index is 2.16. The summed E-state index contributed by atoms with van der Waals surface area (Å²) in [6.07, 6.45) is 2.59. The van der Waals surface area contributed by atoms with Crippen LogP contribution in [0, 0.1) is 13.8 Å². The normalized spacial score (nSPS) is 21.2. The number of likely N-dealkylation sites (N-methyl/N-ethyl adjacent to an activating group) is 1. The highest BCUT2D eigenvalue weighted by Crippen LogP contribution is 2.24. The number of hydrogen-bond donors (Lipinski definition) is 1. The van der Waals surface area contributed by atoms with Crippen LogP contribution in [-0.2, 0) is 0 Å². The molecule has 2 heteroatoms. The van der Waals surface area contributed by atoms with Crippen LogP contribution in [0.5, 0.6) is 0 Å². The number of rotatable bonds is 2. The van der Waals surface area contributed by atoms with Crippen LogP contribution in [-0.4, -0.2) is 26.2 Å². The molecule has 0 aromatic heterocycles. The van der Waals surface area contributed by atoms with E-state index in [9.17, 15) is 0 Å². The molecule has 16 heavy (non-hydrogen) atoms. The van der Waals surface area contributed by atoms with E-state index >= 15 is 0 Å². The first-order valence-electron chi connectivity index (χ1n) is 6.20. The summed E-state index contributed by atoms with van der Waals surface area (Å²) in [5, 5.41) is 3.39. The van der Waals surface area contributed by atoms with Gasteiger partial charge in [-0.15, -0.1) is 0 Å². The van der Waals surface area contributed by atoms with Crippen molar-refractivity contribution < 1.29 is 0 Å². The first-order valence-corrected chi connectivity index (χ1v) is 6.20. The molecule has 0 radical (unpaired) electrons. The second kappa shape index (κ2) is 4.88. The van der Waals surface area contributed by atoms with Crippen LogP contribution in [0.25, 0.3) is 0 Å². The summed E-state index contributed by atoms with van der Waals surface area (Å²) in [6.45, 7) is 6.71. The van der Waals surface area contributed by atoms with Crippen molar-refractivity contribution in [1.29, 1.82) is 0 Å². The molecule has 1 aliphatic rings. The van der Waals surface area contributed by atoms with E-state index < -0.39 is 0 Å². The van der Waals surface area contributed by atoms with Crippen molar-refractivity contribution >= 4 is 5.69 Å². The van der Waals surface area contributed by atoms with Crippen molar-refractivity contribution in [3.8, 4) is 0 Å². The molecule has 1 aliphatic heterocycles. The van der Waals surface area contributed by atoms with Gasteiger partial charge in [-0.1, -0.05) is 17.7 Å². The lowest BCUT2D eigenvalue weighted by molar-refractivity contribution is 0.449. The van der Waals surface area contributed by atoms with Gasteiger partial charge in [0.25, 0.3) is 0 Å². The third-order valence-electron chi connectivity index (χ3n) is 3.52. The third kappa shape index (κ3) is 2.38. The Morgan fingerprint density at radius 2 is 2.12 bits per heavy atom. The summed E-state index contributed by atoms with van der Waals surface area (Å²) in [4.78, 5) is 2.51. The van der Waals surface area contributed by atoms with Crippen LogP contribution in [0.15, 0.2) is 18.2 Å². The van der Waals surface area contributed by atoms with E-state index in [-0.39, 0.29) is 0 Å². The fraction of sp³-hybridized carbons (Fsp3) is 0.571. The molecular formula is C14H22N2. The molecule has 1 aromatic carbocycles. The summed E-state index contributed by atoms with van der Waals surface area (Å²) in [6, 6.07) is 7.40. The summed E-state index contributed by atoms with van der Waals surface area (Å²) >= 11 is 0. The highest BCUT2D eigenvalue weighted by Gasteiger charge is 2.19. The molecule has 0 spiro atoms. The zero-order chi connectivity index (χ0) is 11.5. The van der Waals surface area contributed by atoms with Crippen LogP contribution < -0.4 is 10.2 Å². The molecule has 0 amide bonds. The van der Waals surface area contributed by atoms with Crippen molar-refractivity contribution in [2.24, 2.45) is 0 Å². The molecule has 88 valence electrons. The average Bonchev–Trinajstić information content (AvgIpc) is 2.29. The van der Waals surface area contributed by atoms with Gasteiger partial charge >= 0.3 is 0 Å². The van der Waals surface area contributed by atoms with Gasteiger partial charge in [-0.05, 0) is 45.4 Å². The van der Waals surface area contributed by atoms with E-state index in [0.717, 1.165) is 6.54 Å². The molecule has 2 rings (SSSR count). The smallest absolute Gasteiger partial charge is 0.0396 e. The molecular weight excluding hydrogens is 196 g/mol. The fourth-order valence-electron chi connectivity index (χ4n) is 2.59. The number of anilines is 1. The number of hydrogen-bond acceptors (Lipinski definition) is 2. The zero-order valence-corrected chi connectivity index (χ0v) is 10.6. The van der Waals surface area contributed by atoms with Gasteiger partial charge < -0.3 is 10.2 Å². The SMILES string of the molecule is CNC1CCCN(c2ccc(C)cc2C)C1. The molecule has 1 atom stereocenters. The molecule has 1 saturated heterocycles. The Hall–Kier alpha value is -1.02. The first-order chi connectivity index (χ1) is 7.70. The summed E-state index contributed by atoms with van der Waals surface area (Å²) in [5.74, 6) is 0. The summed E-state index contributed by atoms with van der Waals surface area (Å²) in [7, 11) is 2.07. The number of piperidine rings is 1. The molecule has 0 bridgehead atoms. The molecule has 0 saturated carbocycles. The monoisotopic (exact) mass is 218 g/mol. The zero-order valence-electron chi connectivity index (χ0n) is 10.6. The number of nitrogens with zero attached hydrogens (tertiary/aromatic N) is 1. The van der Waals surface area contributed by atoms with E-state index in [4.69, 9.17) is 0 Å². The quantitative estimate of drug-likeness (QED) is 0.820. The van der Waals surface area contributed by atoms with E-state index in [0.29, 0.717) is 6.04 Å². The van der Waals surface area contributed by atoms with Crippen LogP contribution in [0.1, 0.15) is 24.0 Å². The number of aryl methyl sites for hydroxylation is 2. The highest BCUT2D eigenvalue weighted by atomic mass is 15.2. The summed E-state index contributed by atoms with van der Waals surface area (Å²) < 4.78 is 0. The number of nitrogens with one attached hydrogen (secondary N) is 1. The van der Waals surface area contributed by atoms with Gasteiger partial charge in [0.2, 0.25) is 0 Å². The average molecular weight is 218 g/mol. The molecule has 2 nitrogen and oxygen atoms in total. The Morgan fingerprint density at radius 1 is 1.31 bits per heavy atom. The third-order valence-corrected chi connectivity index (χ3v) is 3.52. The minimum Gasteiger partial charge on any atom is -0.370 e. The van der Waals surface area contributed by atoms with Crippen LogP contribution in [0.2, 0.25) is 0 Å². The molecule has 1 heterocycles. The second-order valence-corrected chi connectivity index (χ2v) is 4.86. The standard InChI is InChI=1S/C14H22N2/c1-11-6-7-14(12(2)9-11)16-8-4-5-13(10-16)15-3/h6-7,9,13,15H,4-5,8,10H2,1-3H3. The fourth-order valence-corrected chi connectivity index (χ4v) is 2.59. The Labute approximate surface area is 98.7 Å². The van der Waals surface area contributed by atoms with Gasteiger partial charge in [-0.3, -0.25) is 0 Å². The predicted octanol–water partition coefficient (Wildman–Crippen LogP) is 2.49.